The summed E-state index contributed by atoms with van der Waals surface area (Å²) in [5.74, 6) is -1.51. The maximum Gasteiger partial charge on any atom is 0.418 e. The summed E-state index contributed by atoms with van der Waals surface area (Å²) in [5, 5.41) is 21.1. The monoisotopic (exact) mass is 370 g/mol. The second-order valence-corrected chi connectivity index (χ2v) is 4.78. The predicted molar refractivity (Wildman–Crippen MR) is 69.8 cm³/mol. The number of aliphatic hydroxyl groups excluding tert-OH is 1. The number of amides is 2. The van der Waals surface area contributed by atoms with Crippen LogP contribution in [0, 0.1) is 0 Å². The lowest BCUT2D eigenvalue weighted by Crippen LogP contribution is -2.45. The summed E-state index contributed by atoms with van der Waals surface area (Å²) < 4.78 is 38.6. The number of halogens is 4. The molecule has 0 aliphatic heterocycles. The number of carbonyl (C=O) groups is 2. The van der Waals surface area contributed by atoms with Gasteiger partial charge in [0.2, 0.25) is 0 Å². The van der Waals surface area contributed by atoms with Crippen LogP contribution in [-0.4, -0.2) is 34.9 Å². The van der Waals surface area contributed by atoms with Crippen LogP contribution in [0.25, 0.3) is 0 Å². The third-order valence-corrected chi connectivity index (χ3v) is 2.81. The van der Waals surface area contributed by atoms with Crippen LogP contribution in [-0.2, 0) is 11.0 Å². The number of anilines is 1. The molecule has 1 aromatic rings. The quantitative estimate of drug-likeness (QED) is 0.651. The minimum absolute atomic E-state index is 0.166. The van der Waals surface area contributed by atoms with E-state index in [1.54, 1.807) is 0 Å². The first kappa shape index (κ1) is 17.2. The molecule has 0 aliphatic carbocycles. The van der Waals surface area contributed by atoms with Gasteiger partial charge in [0.05, 0.1) is 17.9 Å². The second kappa shape index (κ2) is 6.76. The molecule has 0 bridgehead atoms. The molecule has 0 aliphatic rings. The van der Waals surface area contributed by atoms with Crippen LogP contribution in [0.3, 0.4) is 0 Å². The van der Waals surface area contributed by atoms with Crippen molar-refractivity contribution in [3.8, 4) is 0 Å². The van der Waals surface area contributed by atoms with Crippen molar-refractivity contribution < 1.29 is 33.0 Å². The van der Waals surface area contributed by atoms with Crippen LogP contribution >= 0.6 is 15.9 Å². The number of aliphatic carboxylic acids is 1. The summed E-state index contributed by atoms with van der Waals surface area (Å²) in [5.41, 5.74) is -1.63. The van der Waals surface area contributed by atoms with Gasteiger partial charge in [-0.15, -0.1) is 0 Å². The Morgan fingerprint density at radius 1 is 1.33 bits per heavy atom. The van der Waals surface area contributed by atoms with Crippen molar-refractivity contribution in [3.05, 3.63) is 28.2 Å². The zero-order valence-electron chi connectivity index (χ0n) is 10.2. The lowest BCUT2D eigenvalue weighted by molar-refractivity contribution is -0.140. The number of carboxylic acid groups (broad SMARTS) is 1. The average molecular weight is 371 g/mol. The minimum atomic E-state index is -4.70. The highest BCUT2D eigenvalue weighted by atomic mass is 79.9. The number of hydrogen-bond donors (Lipinski definition) is 4. The van der Waals surface area contributed by atoms with Gasteiger partial charge in [0.15, 0.2) is 6.04 Å². The van der Waals surface area contributed by atoms with Gasteiger partial charge in [0, 0.05) is 4.47 Å². The first-order valence-corrected chi connectivity index (χ1v) is 6.22. The van der Waals surface area contributed by atoms with Gasteiger partial charge in [-0.2, -0.15) is 13.2 Å². The zero-order valence-corrected chi connectivity index (χ0v) is 11.8. The Morgan fingerprint density at radius 2 is 1.95 bits per heavy atom. The van der Waals surface area contributed by atoms with Gasteiger partial charge in [-0.3, -0.25) is 0 Å². The predicted octanol–water partition coefficient (Wildman–Crippen LogP) is 2.03. The van der Waals surface area contributed by atoms with E-state index >= 15 is 0 Å². The number of carbonyl (C=O) groups excluding carboxylic acids is 1. The Balaban J connectivity index is 2.93. The highest BCUT2D eigenvalue weighted by Gasteiger charge is 2.34. The molecule has 4 N–H and O–H groups in total. The Morgan fingerprint density at radius 3 is 2.43 bits per heavy atom. The van der Waals surface area contributed by atoms with E-state index in [1.807, 2.05) is 10.6 Å². The molecular weight excluding hydrogens is 361 g/mol. The largest absolute Gasteiger partial charge is 0.480 e. The Labute approximate surface area is 125 Å². The Bertz CT molecular complexity index is 551. The summed E-state index contributed by atoms with van der Waals surface area (Å²) in [7, 11) is 0. The van der Waals surface area contributed by atoms with Gasteiger partial charge >= 0.3 is 18.2 Å². The fourth-order valence-corrected chi connectivity index (χ4v) is 1.72. The van der Waals surface area contributed by atoms with Crippen LogP contribution < -0.4 is 10.6 Å². The maximum absolute atomic E-state index is 12.8. The lowest BCUT2D eigenvalue weighted by Gasteiger charge is -2.16. The van der Waals surface area contributed by atoms with E-state index in [2.05, 4.69) is 15.9 Å². The van der Waals surface area contributed by atoms with Gasteiger partial charge in [-0.25, -0.2) is 9.59 Å². The molecule has 21 heavy (non-hydrogen) atoms. The molecule has 0 aromatic heterocycles. The summed E-state index contributed by atoms with van der Waals surface area (Å²) >= 11 is 2.89. The molecule has 0 spiro atoms. The van der Waals surface area contributed by atoms with Crippen LogP contribution in [0.5, 0.6) is 0 Å². The maximum atomic E-state index is 12.8. The van der Waals surface area contributed by atoms with Crippen molar-refractivity contribution in [2.75, 3.05) is 11.9 Å². The van der Waals surface area contributed by atoms with E-state index in [4.69, 9.17) is 10.2 Å². The van der Waals surface area contributed by atoms with Crippen LogP contribution in [0.15, 0.2) is 22.7 Å². The lowest BCUT2D eigenvalue weighted by atomic mass is 10.1. The number of carboxylic acids is 1. The summed E-state index contributed by atoms with van der Waals surface area (Å²) in [4.78, 5) is 22.1. The Kier molecular flexibility index (Phi) is 5.55. The SMILES string of the molecule is O=C(Nc1ccc(Br)cc1C(F)(F)F)N[C@@H](CO)C(=O)O. The average Bonchev–Trinajstić information content (AvgIpc) is 2.36. The number of alkyl halides is 3. The molecule has 10 heteroatoms. The van der Waals surface area contributed by atoms with Crippen LogP contribution in [0.4, 0.5) is 23.7 Å². The van der Waals surface area contributed by atoms with Crippen molar-refractivity contribution in [2.24, 2.45) is 0 Å². The molecule has 0 saturated heterocycles. The van der Waals surface area contributed by atoms with Crippen molar-refractivity contribution in [3.63, 3.8) is 0 Å². The van der Waals surface area contributed by atoms with Gasteiger partial charge < -0.3 is 20.8 Å². The van der Waals surface area contributed by atoms with E-state index < -0.39 is 42.1 Å². The van der Waals surface area contributed by atoms with Crippen molar-refractivity contribution >= 4 is 33.6 Å². The number of urea groups is 1. The third-order valence-electron chi connectivity index (χ3n) is 2.32. The first-order valence-electron chi connectivity index (χ1n) is 5.43. The van der Waals surface area contributed by atoms with E-state index in [9.17, 15) is 22.8 Å². The Hall–Kier alpha value is -1.81. The number of hydrogen-bond acceptors (Lipinski definition) is 3. The number of aliphatic hydroxyl groups is 1. The van der Waals surface area contributed by atoms with E-state index in [-0.39, 0.29) is 4.47 Å². The molecule has 0 heterocycles. The molecule has 1 rings (SSSR count). The molecule has 6 nitrogen and oxygen atoms in total. The normalized spacial score (nSPS) is 12.6. The van der Waals surface area contributed by atoms with Gasteiger partial charge in [0.1, 0.15) is 0 Å². The standard InChI is InChI=1S/C11H10BrF3N2O4/c12-5-1-2-7(6(3-5)11(13,14)15)16-10(21)17-8(4-18)9(19)20/h1-3,8,18H,4H2,(H,19,20)(H2,16,17,21)/t8-/m0/s1. The molecule has 1 aromatic carbocycles. The molecule has 0 fully saturated rings. The molecule has 116 valence electrons. The van der Waals surface area contributed by atoms with E-state index in [1.165, 1.54) is 6.07 Å². The van der Waals surface area contributed by atoms with Crippen LogP contribution in [0.2, 0.25) is 0 Å². The van der Waals surface area contributed by atoms with Crippen molar-refractivity contribution in [1.29, 1.82) is 0 Å². The summed E-state index contributed by atoms with van der Waals surface area (Å²) in [6, 6.07) is 0.280. The molecule has 0 saturated carbocycles. The van der Waals surface area contributed by atoms with Gasteiger partial charge in [0.25, 0.3) is 0 Å². The molecule has 0 radical (unpaired) electrons. The summed E-state index contributed by atoms with van der Waals surface area (Å²) in [6.45, 7) is -0.894. The van der Waals surface area contributed by atoms with E-state index in [0.717, 1.165) is 12.1 Å². The van der Waals surface area contributed by atoms with Crippen molar-refractivity contribution in [1.82, 2.24) is 5.32 Å². The van der Waals surface area contributed by atoms with Gasteiger partial charge in [-0.1, -0.05) is 15.9 Å². The molecular formula is C11H10BrF3N2O4. The topological polar surface area (TPSA) is 98.7 Å². The highest BCUT2D eigenvalue weighted by Crippen LogP contribution is 2.36. The third kappa shape index (κ3) is 4.90. The first-order chi connectivity index (χ1) is 9.65. The minimum Gasteiger partial charge on any atom is -0.480 e. The molecule has 0 unspecified atom stereocenters. The smallest absolute Gasteiger partial charge is 0.418 e. The number of nitrogens with one attached hydrogen (secondary N) is 2. The number of benzene rings is 1. The molecule has 2 amide bonds. The van der Waals surface area contributed by atoms with Crippen LogP contribution in [0.1, 0.15) is 5.56 Å². The van der Waals surface area contributed by atoms with Crippen molar-refractivity contribution in [2.45, 2.75) is 12.2 Å². The molecule has 1 atom stereocenters. The fourth-order valence-electron chi connectivity index (χ4n) is 1.36. The number of rotatable bonds is 4. The van der Waals surface area contributed by atoms with Gasteiger partial charge in [-0.05, 0) is 18.2 Å². The zero-order chi connectivity index (χ0) is 16.2. The highest BCUT2D eigenvalue weighted by molar-refractivity contribution is 9.10. The fraction of sp³-hybridized carbons (Fsp3) is 0.273. The van der Waals surface area contributed by atoms with E-state index in [0.29, 0.717) is 0 Å². The second-order valence-electron chi connectivity index (χ2n) is 3.86. The summed E-state index contributed by atoms with van der Waals surface area (Å²) in [6.07, 6.45) is -4.70.